The lowest BCUT2D eigenvalue weighted by atomic mass is 9.85. The molecule has 1 fully saturated rings. The standard InChI is InChI=1S/C26H30N2O5/c1-16(14-24(29)30)27-25(31)17-10-12-18(13-11-17)28-26(32)33-15-23-21-8-4-2-6-19(21)20-7-3-5-9-22(20)23/h2-9,16-18,23H,10-15H2,1H3,(H,27,31)(H,28,32)(H,29,30). The Hall–Kier alpha value is -3.35. The van der Waals surface area contributed by atoms with Gasteiger partial charge in [0.2, 0.25) is 5.91 Å². The van der Waals surface area contributed by atoms with Crippen LogP contribution in [0.25, 0.3) is 11.1 Å². The summed E-state index contributed by atoms with van der Waals surface area (Å²) in [6.45, 7) is 1.97. The number of carboxylic acid groups (broad SMARTS) is 1. The number of amides is 2. The van der Waals surface area contributed by atoms with Crippen LogP contribution in [0.3, 0.4) is 0 Å². The van der Waals surface area contributed by atoms with E-state index in [2.05, 4.69) is 34.9 Å². The van der Waals surface area contributed by atoms with Gasteiger partial charge in [-0.25, -0.2) is 4.79 Å². The topological polar surface area (TPSA) is 105 Å². The van der Waals surface area contributed by atoms with Crippen molar-refractivity contribution in [3.8, 4) is 11.1 Å². The predicted molar refractivity (Wildman–Crippen MR) is 124 cm³/mol. The Morgan fingerprint density at radius 2 is 1.55 bits per heavy atom. The third kappa shape index (κ3) is 5.35. The van der Waals surface area contributed by atoms with Gasteiger partial charge in [-0.15, -0.1) is 0 Å². The van der Waals surface area contributed by atoms with Crippen LogP contribution in [0.2, 0.25) is 0 Å². The minimum Gasteiger partial charge on any atom is -0.481 e. The summed E-state index contributed by atoms with van der Waals surface area (Å²) in [6, 6.07) is 16.0. The van der Waals surface area contributed by atoms with Crippen molar-refractivity contribution in [1.29, 1.82) is 0 Å². The van der Waals surface area contributed by atoms with Crippen LogP contribution in [-0.2, 0) is 14.3 Å². The minimum atomic E-state index is -0.932. The van der Waals surface area contributed by atoms with Crippen LogP contribution in [0, 0.1) is 5.92 Å². The molecule has 0 spiro atoms. The Kier molecular flexibility index (Phi) is 6.96. The molecule has 1 saturated carbocycles. The number of nitrogens with one attached hydrogen (secondary N) is 2. The van der Waals surface area contributed by atoms with Crippen molar-refractivity contribution in [2.75, 3.05) is 6.61 Å². The van der Waals surface area contributed by atoms with Crippen molar-refractivity contribution >= 4 is 18.0 Å². The van der Waals surface area contributed by atoms with Crippen LogP contribution in [0.1, 0.15) is 56.1 Å². The molecule has 0 aliphatic heterocycles. The van der Waals surface area contributed by atoms with Crippen LogP contribution in [0.15, 0.2) is 48.5 Å². The average Bonchev–Trinajstić information content (AvgIpc) is 3.11. The van der Waals surface area contributed by atoms with Crippen molar-refractivity contribution in [1.82, 2.24) is 10.6 Å². The number of rotatable bonds is 7. The Bertz CT molecular complexity index is 983. The summed E-state index contributed by atoms with van der Waals surface area (Å²) >= 11 is 0. The summed E-state index contributed by atoms with van der Waals surface area (Å²) in [4.78, 5) is 35.6. The van der Waals surface area contributed by atoms with E-state index in [-0.39, 0.29) is 36.8 Å². The molecular weight excluding hydrogens is 420 g/mol. The number of ether oxygens (including phenoxy) is 1. The lowest BCUT2D eigenvalue weighted by Crippen LogP contribution is -2.43. The van der Waals surface area contributed by atoms with Gasteiger partial charge in [0.25, 0.3) is 0 Å². The fraction of sp³-hybridized carbons (Fsp3) is 0.423. The number of alkyl carbamates (subject to hydrolysis) is 1. The first-order valence-electron chi connectivity index (χ1n) is 11.6. The molecule has 0 aromatic heterocycles. The molecule has 2 aliphatic carbocycles. The second kappa shape index (κ2) is 10.1. The largest absolute Gasteiger partial charge is 0.481 e. The molecule has 0 saturated heterocycles. The zero-order valence-electron chi connectivity index (χ0n) is 18.8. The van der Waals surface area contributed by atoms with E-state index in [0.717, 1.165) is 0 Å². The Morgan fingerprint density at radius 3 is 2.12 bits per heavy atom. The molecule has 3 N–H and O–H groups in total. The summed E-state index contributed by atoms with van der Waals surface area (Å²) in [5.41, 5.74) is 4.73. The summed E-state index contributed by atoms with van der Waals surface area (Å²) in [6.07, 6.45) is 2.16. The molecule has 2 amide bonds. The molecule has 0 heterocycles. The maximum absolute atomic E-state index is 12.5. The SMILES string of the molecule is CC(CC(=O)O)NC(=O)C1CCC(NC(=O)OCC2c3ccccc3-c3ccccc32)CC1. The van der Waals surface area contributed by atoms with Gasteiger partial charge < -0.3 is 20.5 Å². The fourth-order valence-corrected chi connectivity index (χ4v) is 4.98. The summed E-state index contributed by atoms with van der Waals surface area (Å²) in [5.74, 6) is -1.17. The van der Waals surface area contributed by atoms with Crippen LogP contribution in [0.5, 0.6) is 0 Å². The maximum Gasteiger partial charge on any atom is 0.407 e. The van der Waals surface area contributed by atoms with Gasteiger partial charge in [0.05, 0.1) is 6.42 Å². The lowest BCUT2D eigenvalue weighted by Gasteiger charge is -2.29. The van der Waals surface area contributed by atoms with E-state index in [4.69, 9.17) is 9.84 Å². The van der Waals surface area contributed by atoms with Gasteiger partial charge in [-0.1, -0.05) is 48.5 Å². The molecule has 0 radical (unpaired) electrons. The van der Waals surface area contributed by atoms with Crippen LogP contribution < -0.4 is 10.6 Å². The van der Waals surface area contributed by atoms with E-state index >= 15 is 0 Å². The highest BCUT2D eigenvalue weighted by Gasteiger charge is 2.31. The number of hydrogen-bond donors (Lipinski definition) is 3. The highest BCUT2D eigenvalue weighted by molar-refractivity contribution is 5.80. The lowest BCUT2D eigenvalue weighted by molar-refractivity contribution is -0.137. The number of carbonyl (C=O) groups is 3. The van der Waals surface area contributed by atoms with Crippen molar-refractivity contribution in [2.45, 2.75) is 57.0 Å². The van der Waals surface area contributed by atoms with Crippen molar-refractivity contribution in [3.05, 3.63) is 59.7 Å². The molecule has 7 heteroatoms. The zero-order chi connectivity index (χ0) is 23.4. The van der Waals surface area contributed by atoms with Gasteiger partial charge in [0, 0.05) is 23.9 Å². The molecule has 174 valence electrons. The maximum atomic E-state index is 12.5. The van der Waals surface area contributed by atoms with E-state index in [1.807, 2.05) is 24.3 Å². The molecule has 2 aromatic rings. The number of carboxylic acids is 1. The summed E-state index contributed by atoms with van der Waals surface area (Å²) < 4.78 is 5.62. The highest BCUT2D eigenvalue weighted by atomic mass is 16.5. The molecule has 4 rings (SSSR count). The first kappa shape index (κ1) is 22.8. The Balaban J connectivity index is 1.25. The summed E-state index contributed by atoms with van der Waals surface area (Å²) in [5, 5.41) is 14.6. The first-order chi connectivity index (χ1) is 15.9. The Morgan fingerprint density at radius 1 is 0.970 bits per heavy atom. The van der Waals surface area contributed by atoms with E-state index in [0.29, 0.717) is 25.7 Å². The third-order valence-electron chi connectivity index (χ3n) is 6.63. The van der Waals surface area contributed by atoms with E-state index in [9.17, 15) is 14.4 Å². The number of aliphatic carboxylic acids is 1. The fourth-order valence-electron chi connectivity index (χ4n) is 4.98. The molecule has 7 nitrogen and oxygen atoms in total. The second-order valence-corrected chi connectivity index (χ2v) is 9.03. The second-order valence-electron chi connectivity index (χ2n) is 9.03. The molecule has 0 bridgehead atoms. The van der Waals surface area contributed by atoms with Crippen LogP contribution in [0.4, 0.5) is 4.79 Å². The molecule has 2 aliphatic rings. The molecule has 1 unspecified atom stereocenters. The smallest absolute Gasteiger partial charge is 0.407 e. The van der Waals surface area contributed by atoms with Gasteiger partial charge >= 0.3 is 12.1 Å². The van der Waals surface area contributed by atoms with Gasteiger partial charge in [0.1, 0.15) is 6.61 Å². The number of fused-ring (bicyclic) bond motifs is 3. The van der Waals surface area contributed by atoms with E-state index in [1.165, 1.54) is 22.3 Å². The van der Waals surface area contributed by atoms with E-state index in [1.54, 1.807) is 6.92 Å². The van der Waals surface area contributed by atoms with Crippen molar-refractivity contribution in [3.63, 3.8) is 0 Å². The molecule has 2 aromatic carbocycles. The van der Waals surface area contributed by atoms with Gasteiger partial charge in [-0.2, -0.15) is 0 Å². The average molecular weight is 451 g/mol. The Labute approximate surface area is 193 Å². The molecule has 33 heavy (non-hydrogen) atoms. The molecule has 1 atom stereocenters. The van der Waals surface area contributed by atoms with Gasteiger partial charge in [-0.05, 0) is 54.9 Å². The third-order valence-corrected chi connectivity index (χ3v) is 6.63. The minimum absolute atomic E-state index is 0.0235. The predicted octanol–water partition coefficient (Wildman–Crippen LogP) is 4.06. The summed E-state index contributed by atoms with van der Waals surface area (Å²) in [7, 11) is 0. The normalized spacial score (nSPS) is 20.3. The highest BCUT2D eigenvalue weighted by Crippen LogP contribution is 2.44. The van der Waals surface area contributed by atoms with Crippen LogP contribution in [-0.4, -0.2) is 41.8 Å². The number of carbonyl (C=O) groups excluding carboxylic acids is 2. The van der Waals surface area contributed by atoms with Crippen molar-refractivity contribution in [2.24, 2.45) is 5.92 Å². The van der Waals surface area contributed by atoms with E-state index < -0.39 is 18.1 Å². The number of hydrogen-bond acceptors (Lipinski definition) is 4. The first-order valence-corrected chi connectivity index (χ1v) is 11.6. The monoisotopic (exact) mass is 450 g/mol. The van der Waals surface area contributed by atoms with Crippen molar-refractivity contribution < 1.29 is 24.2 Å². The van der Waals surface area contributed by atoms with Gasteiger partial charge in [0.15, 0.2) is 0 Å². The molecular formula is C26H30N2O5. The number of benzene rings is 2. The zero-order valence-corrected chi connectivity index (χ0v) is 18.8. The van der Waals surface area contributed by atoms with Gasteiger partial charge in [-0.3, -0.25) is 9.59 Å². The van der Waals surface area contributed by atoms with Crippen LogP contribution >= 0.6 is 0 Å². The quantitative estimate of drug-likeness (QED) is 0.590.